The van der Waals surface area contributed by atoms with E-state index in [1.54, 1.807) is 54.7 Å². The second-order valence-electron chi connectivity index (χ2n) is 14.0. The van der Waals surface area contributed by atoms with Gasteiger partial charge in [-0.2, -0.15) is 5.10 Å². The number of carboxylic acid groups (broad SMARTS) is 4. The van der Waals surface area contributed by atoms with Gasteiger partial charge in [0.15, 0.2) is 5.82 Å². The zero-order valence-electron chi connectivity index (χ0n) is 32.8. The number of carbonyl (C=O) groups is 7. The van der Waals surface area contributed by atoms with Crippen LogP contribution in [0.5, 0.6) is 0 Å². The quantitative estimate of drug-likeness (QED) is 0.0499. The van der Waals surface area contributed by atoms with E-state index < -0.39 is 50.1 Å². The smallest absolute Gasteiger partial charge is 0.480 e. The predicted octanol–water partition coefficient (Wildman–Crippen LogP) is 2.48. The van der Waals surface area contributed by atoms with Crippen molar-refractivity contribution in [3.8, 4) is 17.2 Å². The van der Waals surface area contributed by atoms with Crippen molar-refractivity contribution in [1.82, 2.24) is 34.4 Å². The fourth-order valence-electron chi connectivity index (χ4n) is 6.51. The zero-order chi connectivity index (χ0) is 43.2. The van der Waals surface area contributed by atoms with Crippen LogP contribution in [0.15, 0.2) is 79.0 Å². The molecule has 0 aliphatic carbocycles. The Hall–Kier alpha value is -5.83. The minimum atomic E-state index is -1.19. The Balaban J connectivity index is 0.00000819. The van der Waals surface area contributed by atoms with Gasteiger partial charge in [-0.1, -0.05) is 30.7 Å². The first-order valence-corrected chi connectivity index (χ1v) is 19.0. The molecule has 20 heteroatoms. The van der Waals surface area contributed by atoms with Crippen LogP contribution in [0.4, 0.5) is 5.69 Å². The van der Waals surface area contributed by atoms with Crippen molar-refractivity contribution in [3.63, 3.8) is 0 Å². The van der Waals surface area contributed by atoms with Crippen LogP contribution in [0.2, 0.25) is 0 Å². The number of rotatable bonds is 24. The third-order valence-corrected chi connectivity index (χ3v) is 9.18. The van der Waals surface area contributed by atoms with E-state index in [0.29, 0.717) is 72.9 Å². The predicted molar refractivity (Wildman–Crippen MR) is 212 cm³/mol. The molecule has 0 fully saturated rings. The van der Waals surface area contributed by atoms with E-state index in [0.717, 1.165) is 11.1 Å². The first kappa shape index (κ1) is 47.8. The molecule has 3 aromatic heterocycles. The molecule has 5 rings (SSSR count). The summed E-state index contributed by atoms with van der Waals surface area (Å²) in [7, 11) is 0. The standard InChI is InChI=1S/C41H44N8O11.Tb/c50-34(10-2-1-3-19-48-35(51)17-18-36(48)52)44-29-15-12-27(13-16-29)11-14-28-20-49(33-9-5-7-31(43-33)22-47(25-39(57)58)26-40(59)60)45-41(28)32-8-4-6-30(42-32)21-46(23-37(53)54)24-38(55)56;/h4-9,12-13,15-18,20H,1-3,10-11,14,19,21-26H2,(H,44,50)(H,53,54)(H,55,56)(H,57,58)(H,59,60);/q;+3. The fourth-order valence-corrected chi connectivity index (χ4v) is 6.51. The van der Waals surface area contributed by atoms with E-state index >= 15 is 0 Å². The summed E-state index contributed by atoms with van der Waals surface area (Å²) in [5, 5.41) is 44.9. The Labute approximate surface area is 380 Å². The van der Waals surface area contributed by atoms with Gasteiger partial charge in [0.2, 0.25) is 5.91 Å². The number of aromatic nitrogens is 4. The van der Waals surface area contributed by atoms with Crippen LogP contribution in [-0.2, 0) is 59.5 Å². The summed E-state index contributed by atoms with van der Waals surface area (Å²) in [6, 6.07) is 17.5. The summed E-state index contributed by atoms with van der Waals surface area (Å²) in [6.45, 7) is -1.83. The molecule has 4 aromatic rings. The number of carbonyl (C=O) groups excluding carboxylic acids is 3. The molecule has 1 aliphatic heterocycles. The average molecular weight is 984 g/mol. The molecular weight excluding hydrogens is 939 g/mol. The van der Waals surface area contributed by atoms with E-state index in [1.807, 2.05) is 12.1 Å². The van der Waals surface area contributed by atoms with E-state index in [-0.39, 0.29) is 75.8 Å². The minimum absolute atomic E-state index is 0. The molecule has 5 N–H and O–H groups in total. The van der Waals surface area contributed by atoms with Gasteiger partial charge in [-0.25, -0.2) is 14.6 Å². The number of carboxylic acids is 4. The Morgan fingerprint density at radius 1 is 0.656 bits per heavy atom. The van der Waals surface area contributed by atoms with Crippen LogP contribution >= 0.6 is 0 Å². The van der Waals surface area contributed by atoms with Gasteiger partial charge in [0.1, 0.15) is 5.69 Å². The maximum absolute atomic E-state index is 12.6. The van der Waals surface area contributed by atoms with Crippen LogP contribution in [-0.4, -0.2) is 129 Å². The van der Waals surface area contributed by atoms with Crippen LogP contribution in [0.25, 0.3) is 17.2 Å². The molecular formula is C41H44N8O11Tb+3. The van der Waals surface area contributed by atoms with Gasteiger partial charge < -0.3 is 25.7 Å². The van der Waals surface area contributed by atoms with Crippen molar-refractivity contribution in [3.05, 3.63) is 102 Å². The van der Waals surface area contributed by atoms with Crippen molar-refractivity contribution in [2.75, 3.05) is 38.0 Å². The van der Waals surface area contributed by atoms with Crippen molar-refractivity contribution < 1.29 is 92.6 Å². The monoisotopic (exact) mass is 983 g/mol. The molecule has 1 aromatic carbocycles. The SMILES string of the molecule is O=C(O)CN(CC(=O)O)Cc1cccc(-c2nn(-c3cccc(CN(CC(=O)O)CC(=O)O)n3)cc2CCc2ccc(NC(=O)CCCCCN3C(=O)C=CC3=O)cc2)n1.[Tb+3]. The van der Waals surface area contributed by atoms with Gasteiger partial charge in [0.05, 0.1) is 43.3 Å². The summed E-state index contributed by atoms with van der Waals surface area (Å²) in [5.41, 5.74) is 4.05. The molecule has 19 nitrogen and oxygen atoms in total. The van der Waals surface area contributed by atoms with Crippen molar-refractivity contribution in [2.24, 2.45) is 0 Å². The molecule has 0 saturated heterocycles. The molecule has 0 unspecified atom stereocenters. The van der Waals surface area contributed by atoms with Crippen molar-refractivity contribution in [2.45, 2.75) is 51.6 Å². The number of imide groups is 1. The van der Waals surface area contributed by atoms with Gasteiger partial charge in [0, 0.05) is 55.7 Å². The number of nitrogens with one attached hydrogen (secondary N) is 1. The molecule has 4 heterocycles. The number of hydrogen-bond acceptors (Lipinski definition) is 12. The molecule has 320 valence electrons. The Bertz CT molecular complexity index is 2210. The summed E-state index contributed by atoms with van der Waals surface area (Å²) in [6.07, 6.45) is 7.43. The van der Waals surface area contributed by atoms with Crippen LogP contribution in [0.3, 0.4) is 0 Å². The number of nitrogens with zero attached hydrogens (tertiary/aromatic N) is 7. The van der Waals surface area contributed by atoms with Crippen molar-refractivity contribution in [1.29, 1.82) is 0 Å². The zero-order valence-corrected chi connectivity index (χ0v) is 34.9. The summed E-state index contributed by atoms with van der Waals surface area (Å²) in [5.74, 6) is -5.19. The molecule has 0 atom stereocenters. The summed E-state index contributed by atoms with van der Waals surface area (Å²) >= 11 is 0. The van der Waals surface area contributed by atoms with Crippen LogP contribution in [0, 0.1) is 38.6 Å². The Kier molecular flexibility index (Phi) is 18.2. The summed E-state index contributed by atoms with van der Waals surface area (Å²) in [4.78, 5) is 94.6. The number of hydrogen-bond donors (Lipinski definition) is 5. The van der Waals surface area contributed by atoms with Crippen LogP contribution < -0.4 is 5.32 Å². The number of anilines is 1. The van der Waals surface area contributed by atoms with E-state index in [2.05, 4.69) is 10.3 Å². The number of amides is 3. The van der Waals surface area contributed by atoms with E-state index in [9.17, 15) is 54.0 Å². The number of aryl methyl sites for hydroxylation is 2. The topological polar surface area (TPSA) is 266 Å². The van der Waals surface area contributed by atoms with Gasteiger partial charge >= 0.3 is 62.5 Å². The second kappa shape index (κ2) is 23.2. The Morgan fingerprint density at radius 3 is 1.79 bits per heavy atom. The second-order valence-corrected chi connectivity index (χ2v) is 14.0. The number of unbranched alkanes of at least 4 members (excludes halogenated alkanes) is 2. The van der Waals surface area contributed by atoms with E-state index in [4.69, 9.17) is 10.1 Å². The third kappa shape index (κ3) is 15.3. The normalized spacial score (nSPS) is 12.2. The molecule has 0 bridgehead atoms. The number of aliphatic carboxylic acids is 4. The maximum Gasteiger partial charge on any atom is 3.00 e. The minimum Gasteiger partial charge on any atom is -0.480 e. The molecule has 0 radical (unpaired) electrons. The van der Waals surface area contributed by atoms with Gasteiger partial charge in [-0.15, -0.1) is 0 Å². The molecule has 0 saturated carbocycles. The molecule has 0 spiro atoms. The van der Waals surface area contributed by atoms with Gasteiger partial charge in [-0.3, -0.25) is 48.3 Å². The molecule has 3 amide bonds. The van der Waals surface area contributed by atoms with E-state index in [1.165, 1.54) is 31.5 Å². The first-order valence-electron chi connectivity index (χ1n) is 19.0. The third-order valence-electron chi connectivity index (χ3n) is 9.18. The van der Waals surface area contributed by atoms with Gasteiger partial charge in [0.25, 0.3) is 11.8 Å². The number of pyridine rings is 2. The first-order chi connectivity index (χ1) is 28.7. The Morgan fingerprint density at radius 2 is 1.21 bits per heavy atom. The average Bonchev–Trinajstić information content (AvgIpc) is 3.75. The summed E-state index contributed by atoms with van der Waals surface area (Å²) < 4.78 is 1.53. The van der Waals surface area contributed by atoms with Crippen molar-refractivity contribution >= 4 is 47.3 Å². The van der Waals surface area contributed by atoms with Gasteiger partial charge in [-0.05, 0) is 67.6 Å². The van der Waals surface area contributed by atoms with Crippen LogP contribution in [0.1, 0.15) is 48.2 Å². The maximum atomic E-state index is 12.6. The number of benzene rings is 1. The fraction of sp³-hybridized carbons (Fsp3) is 0.317. The molecule has 1 aliphatic rings. The molecule has 61 heavy (non-hydrogen) atoms. The largest absolute Gasteiger partial charge is 3.00 e.